The van der Waals surface area contributed by atoms with Gasteiger partial charge in [-0.2, -0.15) is 0 Å². The summed E-state index contributed by atoms with van der Waals surface area (Å²) >= 11 is 0. The molecule has 16 heavy (non-hydrogen) atoms. The maximum Gasteiger partial charge on any atom is 0.411 e. The van der Waals surface area contributed by atoms with Gasteiger partial charge in [0.1, 0.15) is 0 Å². The van der Waals surface area contributed by atoms with Gasteiger partial charge in [0, 0.05) is 11.7 Å². The second kappa shape index (κ2) is 6.12. The Bertz CT molecular complexity index is 351. The minimum atomic E-state index is -0.430. The lowest BCUT2D eigenvalue weighted by Crippen LogP contribution is -2.18. The Hall–Kier alpha value is -1.55. The van der Waals surface area contributed by atoms with Crippen molar-refractivity contribution in [2.24, 2.45) is 5.73 Å². The van der Waals surface area contributed by atoms with Crippen molar-refractivity contribution in [2.75, 3.05) is 11.9 Å². The van der Waals surface area contributed by atoms with Crippen LogP contribution in [0.2, 0.25) is 0 Å². The number of benzene rings is 1. The Morgan fingerprint density at radius 2 is 2.31 bits per heavy atom. The normalized spacial score (nSPS) is 11.9. The van der Waals surface area contributed by atoms with Crippen LogP contribution in [0.1, 0.15) is 19.4 Å². The molecule has 3 N–H and O–H groups in total. The lowest BCUT2D eigenvalue weighted by Gasteiger charge is -2.08. The molecule has 0 bridgehead atoms. The van der Waals surface area contributed by atoms with E-state index in [9.17, 15) is 4.79 Å². The van der Waals surface area contributed by atoms with E-state index in [-0.39, 0.29) is 6.04 Å². The molecule has 0 aliphatic heterocycles. The van der Waals surface area contributed by atoms with E-state index in [0.29, 0.717) is 6.61 Å². The summed E-state index contributed by atoms with van der Waals surface area (Å²) in [5.41, 5.74) is 7.55. The zero-order chi connectivity index (χ0) is 12.0. The van der Waals surface area contributed by atoms with Gasteiger partial charge in [0.05, 0.1) is 6.61 Å². The van der Waals surface area contributed by atoms with E-state index in [0.717, 1.165) is 17.7 Å². The molecule has 0 fully saturated rings. The number of carbonyl (C=O) groups is 1. The molecule has 0 aromatic heterocycles. The molecule has 1 aromatic carbocycles. The van der Waals surface area contributed by atoms with E-state index in [1.807, 2.05) is 31.2 Å². The predicted molar refractivity (Wildman–Crippen MR) is 64.4 cm³/mol. The van der Waals surface area contributed by atoms with Gasteiger partial charge in [-0.3, -0.25) is 5.32 Å². The molecule has 1 amide bonds. The second-order valence-electron chi connectivity index (χ2n) is 3.73. The summed E-state index contributed by atoms with van der Waals surface area (Å²) < 4.78 is 4.79. The van der Waals surface area contributed by atoms with Crippen molar-refractivity contribution < 1.29 is 9.53 Å². The lowest BCUT2D eigenvalue weighted by molar-refractivity contribution is 0.168. The molecule has 1 atom stereocenters. The van der Waals surface area contributed by atoms with E-state index in [2.05, 4.69) is 5.32 Å². The first kappa shape index (κ1) is 12.5. The largest absolute Gasteiger partial charge is 0.450 e. The molecule has 1 rings (SSSR count). The summed E-state index contributed by atoms with van der Waals surface area (Å²) in [6, 6.07) is 7.71. The highest BCUT2D eigenvalue weighted by molar-refractivity contribution is 5.84. The quantitative estimate of drug-likeness (QED) is 0.820. The summed E-state index contributed by atoms with van der Waals surface area (Å²) in [6.07, 6.45) is 0.360. The maximum atomic E-state index is 11.2. The fraction of sp³-hybridized carbons (Fsp3) is 0.417. The van der Waals surface area contributed by atoms with E-state index in [1.165, 1.54) is 0 Å². The molecule has 0 heterocycles. The molecular formula is C12H18N2O2. The molecule has 4 heteroatoms. The van der Waals surface area contributed by atoms with Gasteiger partial charge >= 0.3 is 6.09 Å². The van der Waals surface area contributed by atoms with E-state index < -0.39 is 6.09 Å². The predicted octanol–water partition coefficient (Wildman–Crippen LogP) is 2.14. The number of ether oxygens (including phenoxy) is 1. The van der Waals surface area contributed by atoms with Gasteiger partial charge in [-0.15, -0.1) is 0 Å². The molecule has 1 aromatic rings. The van der Waals surface area contributed by atoms with Crippen LogP contribution in [0.4, 0.5) is 10.5 Å². The van der Waals surface area contributed by atoms with Crippen molar-refractivity contribution in [3.05, 3.63) is 29.8 Å². The molecular weight excluding hydrogens is 204 g/mol. The van der Waals surface area contributed by atoms with E-state index in [4.69, 9.17) is 10.5 Å². The molecule has 0 radical (unpaired) electrons. The Morgan fingerprint density at radius 3 is 2.94 bits per heavy atom. The molecule has 0 spiro atoms. The monoisotopic (exact) mass is 222 g/mol. The van der Waals surface area contributed by atoms with Gasteiger partial charge in [-0.25, -0.2) is 4.79 Å². The summed E-state index contributed by atoms with van der Waals surface area (Å²) in [6.45, 7) is 4.09. The Labute approximate surface area is 95.8 Å². The number of carbonyl (C=O) groups excluding carboxylic acids is 1. The van der Waals surface area contributed by atoms with Crippen LogP contribution in [0.5, 0.6) is 0 Å². The summed E-state index contributed by atoms with van der Waals surface area (Å²) in [7, 11) is 0. The van der Waals surface area contributed by atoms with Gasteiger partial charge in [0.15, 0.2) is 0 Å². The number of nitrogens with two attached hydrogens (primary N) is 1. The fourth-order valence-electron chi connectivity index (χ4n) is 1.43. The lowest BCUT2D eigenvalue weighted by atomic mass is 10.1. The van der Waals surface area contributed by atoms with Crippen LogP contribution in [0.25, 0.3) is 0 Å². The summed E-state index contributed by atoms with van der Waals surface area (Å²) in [4.78, 5) is 11.2. The maximum absolute atomic E-state index is 11.2. The molecule has 4 nitrogen and oxygen atoms in total. The number of anilines is 1. The second-order valence-corrected chi connectivity index (χ2v) is 3.73. The molecule has 0 aliphatic rings. The Kier molecular flexibility index (Phi) is 4.79. The van der Waals surface area contributed by atoms with Crippen molar-refractivity contribution in [1.82, 2.24) is 0 Å². The molecule has 0 saturated carbocycles. The third kappa shape index (κ3) is 4.31. The van der Waals surface area contributed by atoms with E-state index in [1.54, 1.807) is 6.92 Å². The third-order valence-electron chi connectivity index (χ3n) is 2.01. The first-order chi connectivity index (χ1) is 7.61. The number of amides is 1. The number of hydrogen-bond acceptors (Lipinski definition) is 3. The molecule has 0 unspecified atom stereocenters. The standard InChI is InChI=1S/C12H18N2O2/c1-3-16-12(15)14-11-6-4-5-10(8-11)7-9(2)13/h4-6,8-9H,3,7,13H2,1-2H3,(H,14,15)/t9-/m0/s1. The highest BCUT2D eigenvalue weighted by atomic mass is 16.5. The highest BCUT2D eigenvalue weighted by Crippen LogP contribution is 2.12. The van der Waals surface area contributed by atoms with Crippen LogP contribution < -0.4 is 11.1 Å². The van der Waals surface area contributed by atoms with Crippen molar-refractivity contribution in [3.63, 3.8) is 0 Å². The summed E-state index contributed by atoms with van der Waals surface area (Å²) in [5.74, 6) is 0. The number of hydrogen-bond donors (Lipinski definition) is 2. The highest BCUT2D eigenvalue weighted by Gasteiger charge is 2.03. The zero-order valence-corrected chi connectivity index (χ0v) is 9.69. The SMILES string of the molecule is CCOC(=O)Nc1cccc(C[C@H](C)N)c1. The smallest absolute Gasteiger partial charge is 0.411 e. The fourth-order valence-corrected chi connectivity index (χ4v) is 1.43. The molecule has 88 valence electrons. The van der Waals surface area contributed by atoms with Gasteiger partial charge in [0.25, 0.3) is 0 Å². The van der Waals surface area contributed by atoms with Gasteiger partial charge < -0.3 is 10.5 Å². The minimum Gasteiger partial charge on any atom is -0.450 e. The number of rotatable bonds is 4. The van der Waals surface area contributed by atoms with Crippen LogP contribution in [-0.2, 0) is 11.2 Å². The van der Waals surface area contributed by atoms with Crippen LogP contribution in [0, 0.1) is 0 Å². The van der Waals surface area contributed by atoms with Crippen molar-refractivity contribution in [1.29, 1.82) is 0 Å². The van der Waals surface area contributed by atoms with Crippen LogP contribution in [0.3, 0.4) is 0 Å². The minimum absolute atomic E-state index is 0.109. The van der Waals surface area contributed by atoms with Crippen molar-refractivity contribution >= 4 is 11.8 Å². The number of nitrogens with one attached hydrogen (secondary N) is 1. The van der Waals surface area contributed by atoms with Crippen LogP contribution in [-0.4, -0.2) is 18.7 Å². The zero-order valence-electron chi connectivity index (χ0n) is 9.69. The van der Waals surface area contributed by atoms with E-state index >= 15 is 0 Å². The van der Waals surface area contributed by atoms with Crippen LogP contribution in [0.15, 0.2) is 24.3 Å². The van der Waals surface area contributed by atoms with Gasteiger partial charge in [-0.05, 0) is 38.0 Å². The molecule has 0 aliphatic carbocycles. The first-order valence-electron chi connectivity index (χ1n) is 5.40. The van der Waals surface area contributed by atoms with Crippen molar-refractivity contribution in [3.8, 4) is 0 Å². The Morgan fingerprint density at radius 1 is 1.56 bits per heavy atom. The average Bonchev–Trinajstić information content (AvgIpc) is 2.17. The molecule has 0 saturated heterocycles. The third-order valence-corrected chi connectivity index (χ3v) is 2.01. The first-order valence-corrected chi connectivity index (χ1v) is 5.40. The van der Waals surface area contributed by atoms with Gasteiger partial charge in [-0.1, -0.05) is 12.1 Å². The Balaban J connectivity index is 2.63. The van der Waals surface area contributed by atoms with Crippen LogP contribution >= 0.6 is 0 Å². The average molecular weight is 222 g/mol. The summed E-state index contributed by atoms with van der Waals surface area (Å²) in [5, 5.41) is 2.65. The van der Waals surface area contributed by atoms with Gasteiger partial charge in [0.2, 0.25) is 0 Å². The van der Waals surface area contributed by atoms with Crippen molar-refractivity contribution in [2.45, 2.75) is 26.3 Å². The topological polar surface area (TPSA) is 64.3 Å².